The van der Waals surface area contributed by atoms with Gasteiger partial charge in [0, 0.05) is 30.8 Å². The van der Waals surface area contributed by atoms with Gasteiger partial charge in [0.1, 0.15) is 10.7 Å². The third-order valence-corrected chi connectivity index (χ3v) is 7.02. The van der Waals surface area contributed by atoms with Crippen LogP contribution in [0, 0.1) is 5.92 Å². The van der Waals surface area contributed by atoms with Gasteiger partial charge in [-0.1, -0.05) is 42.5 Å². The highest BCUT2D eigenvalue weighted by Gasteiger charge is 2.31. The molecule has 0 spiro atoms. The highest BCUT2D eigenvalue weighted by molar-refractivity contribution is 7.90. The van der Waals surface area contributed by atoms with Gasteiger partial charge >= 0.3 is 0 Å². The van der Waals surface area contributed by atoms with Crippen LogP contribution in [0.25, 0.3) is 11.4 Å². The molecule has 1 atom stereocenters. The summed E-state index contributed by atoms with van der Waals surface area (Å²) in [7, 11) is -3.67. The van der Waals surface area contributed by atoms with Crippen LogP contribution in [-0.2, 0) is 16.6 Å². The van der Waals surface area contributed by atoms with Crippen molar-refractivity contribution >= 4 is 21.5 Å². The fraction of sp³-hybridized carbons (Fsp3) is 0.261. The number of nitrogens with zero attached hydrogens (tertiary/aromatic N) is 4. The molecule has 1 aromatic heterocycles. The molecular weight excluding hydrogens is 410 g/mol. The van der Waals surface area contributed by atoms with Gasteiger partial charge in [0.05, 0.1) is 11.4 Å². The van der Waals surface area contributed by atoms with Crippen molar-refractivity contribution in [3.05, 3.63) is 72.6 Å². The smallest absolute Gasteiger partial charge is 0.286 e. The molecule has 1 unspecified atom stereocenters. The number of amidine groups is 1. The van der Waals surface area contributed by atoms with Crippen LogP contribution in [0.4, 0.5) is 5.69 Å². The maximum atomic E-state index is 12.6. The van der Waals surface area contributed by atoms with Crippen molar-refractivity contribution in [1.82, 2.24) is 14.9 Å². The molecule has 0 amide bonds. The van der Waals surface area contributed by atoms with Crippen LogP contribution in [0.15, 0.2) is 76.2 Å². The predicted molar refractivity (Wildman–Crippen MR) is 120 cm³/mol. The second-order valence-electron chi connectivity index (χ2n) is 7.88. The zero-order chi connectivity index (χ0) is 21.3. The molecule has 31 heavy (non-hydrogen) atoms. The summed E-state index contributed by atoms with van der Waals surface area (Å²) < 4.78 is 29.3. The topological polar surface area (TPSA) is 87.6 Å². The summed E-state index contributed by atoms with van der Waals surface area (Å²) in [6.45, 7) is 2.36. The van der Waals surface area contributed by atoms with Gasteiger partial charge in [-0.3, -0.25) is 4.90 Å². The van der Waals surface area contributed by atoms with Gasteiger partial charge in [0.25, 0.3) is 10.0 Å². The fourth-order valence-electron chi connectivity index (χ4n) is 4.17. The van der Waals surface area contributed by atoms with E-state index in [0.29, 0.717) is 23.9 Å². The normalized spacial score (nSPS) is 20.4. The molecule has 1 saturated heterocycles. The van der Waals surface area contributed by atoms with Crippen molar-refractivity contribution in [2.75, 3.05) is 18.4 Å². The van der Waals surface area contributed by atoms with E-state index >= 15 is 0 Å². The molecule has 0 aliphatic carbocycles. The number of para-hydroxylation sites is 1. The summed E-state index contributed by atoms with van der Waals surface area (Å²) in [5, 5.41) is 3.26. The molecule has 0 bridgehead atoms. The van der Waals surface area contributed by atoms with Crippen LogP contribution in [0.3, 0.4) is 0 Å². The first-order valence-corrected chi connectivity index (χ1v) is 11.8. The summed E-state index contributed by atoms with van der Waals surface area (Å²) in [6, 6.07) is 18.8. The van der Waals surface area contributed by atoms with Gasteiger partial charge < -0.3 is 5.32 Å². The number of nitrogens with one attached hydrogen (secondary N) is 1. The first-order chi connectivity index (χ1) is 15.1. The second kappa shape index (κ2) is 8.20. The van der Waals surface area contributed by atoms with Gasteiger partial charge in [-0.25, -0.2) is 9.97 Å². The largest absolute Gasteiger partial charge is 0.342 e. The molecule has 0 saturated carbocycles. The first-order valence-electron chi connectivity index (χ1n) is 10.4. The lowest BCUT2D eigenvalue weighted by Gasteiger charge is -2.34. The van der Waals surface area contributed by atoms with Gasteiger partial charge in [-0.2, -0.15) is 8.42 Å². The molecule has 0 radical (unpaired) electrons. The third-order valence-electron chi connectivity index (χ3n) is 5.67. The van der Waals surface area contributed by atoms with E-state index in [1.807, 2.05) is 42.5 Å². The third kappa shape index (κ3) is 4.22. The first kappa shape index (κ1) is 19.8. The highest BCUT2D eigenvalue weighted by atomic mass is 32.2. The van der Waals surface area contributed by atoms with Crippen LogP contribution in [-0.4, -0.2) is 42.2 Å². The average molecular weight is 434 g/mol. The Hall–Kier alpha value is -3.10. The molecule has 2 aliphatic heterocycles. The monoisotopic (exact) mass is 433 g/mol. The van der Waals surface area contributed by atoms with Crippen molar-refractivity contribution in [3.63, 3.8) is 0 Å². The average Bonchev–Trinajstić information content (AvgIpc) is 2.80. The summed E-state index contributed by atoms with van der Waals surface area (Å²) in [5.41, 5.74) is 2.55. The summed E-state index contributed by atoms with van der Waals surface area (Å²) >= 11 is 0. The van der Waals surface area contributed by atoms with Gasteiger partial charge in [0.2, 0.25) is 0 Å². The Labute approximate surface area is 181 Å². The Morgan fingerprint density at radius 3 is 2.71 bits per heavy atom. The van der Waals surface area contributed by atoms with Crippen LogP contribution < -0.4 is 5.32 Å². The SMILES string of the molecule is O=S1(=O)N=C(C2CCCN(Cc3ccnc(-c4ccccc4)n3)C2)Nc2ccccc21. The molecule has 3 aromatic rings. The molecule has 158 valence electrons. The highest BCUT2D eigenvalue weighted by Crippen LogP contribution is 2.30. The lowest BCUT2D eigenvalue weighted by molar-refractivity contribution is 0.194. The van der Waals surface area contributed by atoms with E-state index < -0.39 is 10.0 Å². The molecule has 1 N–H and O–H groups in total. The molecule has 7 nitrogen and oxygen atoms in total. The lowest BCUT2D eigenvalue weighted by atomic mass is 9.96. The fourth-order valence-corrected chi connectivity index (χ4v) is 5.37. The number of sulfonamides is 1. The van der Waals surface area contributed by atoms with Crippen molar-refractivity contribution in [3.8, 4) is 11.4 Å². The van der Waals surface area contributed by atoms with Crippen LogP contribution in [0.2, 0.25) is 0 Å². The number of anilines is 1. The Morgan fingerprint density at radius 2 is 1.84 bits per heavy atom. The number of piperidine rings is 1. The minimum atomic E-state index is -3.67. The van der Waals surface area contributed by atoms with Crippen LogP contribution in [0.1, 0.15) is 18.5 Å². The quantitative estimate of drug-likeness (QED) is 0.677. The summed E-state index contributed by atoms with van der Waals surface area (Å²) in [5.74, 6) is 1.29. The maximum Gasteiger partial charge on any atom is 0.286 e. The molecular formula is C23H23N5O2S. The van der Waals surface area contributed by atoms with Crippen LogP contribution >= 0.6 is 0 Å². The number of aromatic nitrogens is 2. The standard InChI is InChI=1S/C23H23N5O2S/c29-31(30)21-11-5-4-10-20(21)26-23(27-31)18-9-6-14-28(15-18)16-19-12-13-24-22(25-19)17-7-2-1-3-8-17/h1-5,7-8,10-13,18H,6,9,14-16H2,(H,26,27). The van der Waals surface area contributed by atoms with Gasteiger partial charge in [-0.05, 0) is 37.6 Å². The number of benzene rings is 2. The molecule has 3 heterocycles. The second-order valence-corrected chi connectivity index (χ2v) is 9.46. The van der Waals surface area contributed by atoms with Crippen molar-refractivity contribution < 1.29 is 8.42 Å². The number of likely N-dealkylation sites (tertiary alicyclic amines) is 1. The number of hydrogen-bond acceptors (Lipinski definition) is 6. The van der Waals surface area contributed by atoms with Crippen molar-refractivity contribution in [1.29, 1.82) is 0 Å². The van der Waals surface area contributed by atoms with E-state index in [0.717, 1.165) is 37.2 Å². The van der Waals surface area contributed by atoms with Crippen molar-refractivity contribution in [2.24, 2.45) is 10.3 Å². The summed E-state index contributed by atoms with van der Waals surface area (Å²) in [6.07, 6.45) is 3.67. The summed E-state index contributed by atoms with van der Waals surface area (Å²) in [4.78, 5) is 11.7. The molecule has 1 fully saturated rings. The minimum absolute atomic E-state index is 0.0345. The van der Waals surface area contributed by atoms with E-state index in [4.69, 9.17) is 4.98 Å². The maximum absolute atomic E-state index is 12.6. The minimum Gasteiger partial charge on any atom is -0.342 e. The van der Waals surface area contributed by atoms with E-state index in [2.05, 4.69) is 19.6 Å². The Balaban J connectivity index is 1.32. The predicted octanol–water partition coefficient (Wildman–Crippen LogP) is 3.57. The molecule has 8 heteroatoms. The van der Waals surface area contributed by atoms with E-state index in [-0.39, 0.29) is 10.8 Å². The van der Waals surface area contributed by atoms with Crippen molar-refractivity contribution in [2.45, 2.75) is 24.3 Å². The molecule has 5 rings (SSSR count). The van der Waals surface area contributed by atoms with E-state index in [1.54, 1.807) is 24.4 Å². The number of rotatable bonds is 4. The zero-order valence-corrected chi connectivity index (χ0v) is 17.8. The zero-order valence-electron chi connectivity index (χ0n) is 17.0. The molecule has 2 aromatic carbocycles. The van der Waals surface area contributed by atoms with Crippen LogP contribution in [0.5, 0.6) is 0 Å². The van der Waals surface area contributed by atoms with E-state index in [1.165, 1.54) is 0 Å². The van der Waals surface area contributed by atoms with Gasteiger partial charge in [-0.15, -0.1) is 4.40 Å². The Kier molecular flexibility index (Phi) is 5.25. The Morgan fingerprint density at radius 1 is 1.03 bits per heavy atom. The lowest BCUT2D eigenvalue weighted by Crippen LogP contribution is -2.41. The number of fused-ring (bicyclic) bond motifs is 1. The molecule has 2 aliphatic rings. The van der Waals surface area contributed by atoms with Gasteiger partial charge in [0.15, 0.2) is 5.82 Å². The Bertz CT molecular complexity index is 1230. The number of hydrogen-bond donors (Lipinski definition) is 1. The van der Waals surface area contributed by atoms with E-state index in [9.17, 15) is 8.42 Å².